The fourth-order valence-electron chi connectivity index (χ4n) is 2.43. The summed E-state index contributed by atoms with van der Waals surface area (Å²) in [5.74, 6) is 1.07. The molecule has 1 N–H and O–H groups in total. The normalized spacial score (nSPS) is 31.1. The fourth-order valence-corrected chi connectivity index (χ4v) is 2.80. The molecule has 0 bridgehead atoms. The van der Waals surface area contributed by atoms with Gasteiger partial charge < -0.3 is 15.0 Å². The van der Waals surface area contributed by atoms with Crippen molar-refractivity contribution in [3.63, 3.8) is 0 Å². The predicted octanol–water partition coefficient (Wildman–Crippen LogP) is 1.50. The Balaban J connectivity index is 2.14. The summed E-state index contributed by atoms with van der Waals surface area (Å²) >= 11 is 3.07. The molecule has 18 heavy (non-hydrogen) atoms. The van der Waals surface area contributed by atoms with E-state index in [-0.39, 0.29) is 4.61 Å². The SMILES string of the molecule is CC1CCNC(=C(Br)[N+](=O)[O-])N1CC1CCOC1. The highest BCUT2D eigenvalue weighted by Gasteiger charge is 2.31. The summed E-state index contributed by atoms with van der Waals surface area (Å²) in [6.45, 7) is 5.25. The summed E-state index contributed by atoms with van der Waals surface area (Å²) in [7, 11) is 0. The molecule has 6 nitrogen and oxygen atoms in total. The van der Waals surface area contributed by atoms with E-state index in [0.29, 0.717) is 17.8 Å². The second kappa shape index (κ2) is 5.88. The van der Waals surface area contributed by atoms with Gasteiger partial charge in [0.15, 0.2) is 5.82 Å². The largest absolute Gasteiger partial charge is 0.381 e. The van der Waals surface area contributed by atoms with E-state index in [1.54, 1.807) is 0 Å². The molecule has 2 heterocycles. The third-order valence-corrected chi connectivity index (χ3v) is 4.17. The van der Waals surface area contributed by atoms with Gasteiger partial charge in [0.2, 0.25) is 0 Å². The van der Waals surface area contributed by atoms with Crippen molar-refractivity contribution in [2.24, 2.45) is 5.92 Å². The smallest absolute Gasteiger partial charge is 0.350 e. The highest BCUT2D eigenvalue weighted by molar-refractivity contribution is 9.11. The van der Waals surface area contributed by atoms with E-state index in [2.05, 4.69) is 33.1 Å². The number of nitrogens with zero attached hydrogens (tertiary/aromatic N) is 2. The summed E-state index contributed by atoms with van der Waals surface area (Å²) in [5.41, 5.74) is 0. The maximum Gasteiger partial charge on any atom is 0.350 e. The average molecular weight is 320 g/mol. The van der Waals surface area contributed by atoms with Crippen molar-refractivity contribution in [1.82, 2.24) is 10.2 Å². The molecule has 0 saturated carbocycles. The Kier molecular flexibility index (Phi) is 4.45. The Morgan fingerprint density at radius 3 is 3.06 bits per heavy atom. The summed E-state index contributed by atoms with van der Waals surface area (Å²) in [6.07, 6.45) is 2.03. The molecule has 0 aromatic heterocycles. The zero-order valence-electron chi connectivity index (χ0n) is 10.4. The van der Waals surface area contributed by atoms with Crippen LogP contribution in [0, 0.1) is 16.0 Å². The van der Waals surface area contributed by atoms with Gasteiger partial charge in [0, 0.05) is 47.6 Å². The number of rotatable bonds is 3. The van der Waals surface area contributed by atoms with Crippen LogP contribution in [0.5, 0.6) is 0 Å². The molecule has 2 unspecified atom stereocenters. The minimum absolute atomic E-state index is 0.0213. The van der Waals surface area contributed by atoms with Crippen LogP contribution in [0.2, 0.25) is 0 Å². The Morgan fingerprint density at radius 2 is 2.44 bits per heavy atom. The van der Waals surface area contributed by atoms with Crippen LogP contribution >= 0.6 is 15.9 Å². The summed E-state index contributed by atoms with van der Waals surface area (Å²) < 4.78 is 5.39. The molecule has 7 heteroatoms. The number of nitro groups is 1. The van der Waals surface area contributed by atoms with Crippen LogP contribution in [0.1, 0.15) is 19.8 Å². The minimum atomic E-state index is -0.390. The van der Waals surface area contributed by atoms with E-state index in [1.165, 1.54) is 0 Å². The molecular weight excluding hydrogens is 302 g/mol. The van der Waals surface area contributed by atoms with Crippen molar-refractivity contribution >= 4 is 15.9 Å². The van der Waals surface area contributed by atoms with E-state index in [9.17, 15) is 10.1 Å². The van der Waals surface area contributed by atoms with E-state index in [4.69, 9.17) is 4.74 Å². The zero-order chi connectivity index (χ0) is 13.1. The molecule has 2 aliphatic rings. The number of ether oxygens (including phenoxy) is 1. The monoisotopic (exact) mass is 319 g/mol. The minimum Gasteiger partial charge on any atom is -0.381 e. The molecule has 2 atom stereocenters. The van der Waals surface area contributed by atoms with Crippen LogP contribution in [-0.2, 0) is 4.74 Å². The van der Waals surface area contributed by atoms with Crippen molar-refractivity contribution < 1.29 is 9.66 Å². The molecule has 2 fully saturated rings. The lowest BCUT2D eigenvalue weighted by atomic mass is 10.1. The molecule has 2 saturated heterocycles. The first-order valence-corrected chi connectivity index (χ1v) is 7.01. The third kappa shape index (κ3) is 2.95. The van der Waals surface area contributed by atoms with Gasteiger partial charge >= 0.3 is 4.61 Å². The van der Waals surface area contributed by atoms with Crippen LogP contribution in [0.15, 0.2) is 10.4 Å². The second-order valence-corrected chi connectivity index (χ2v) is 5.59. The van der Waals surface area contributed by atoms with Crippen LogP contribution in [0.4, 0.5) is 0 Å². The van der Waals surface area contributed by atoms with Crippen LogP contribution in [0.25, 0.3) is 0 Å². The first kappa shape index (κ1) is 13.6. The topological polar surface area (TPSA) is 67.6 Å². The highest BCUT2D eigenvalue weighted by Crippen LogP contribution is 2.25. The van der Waals surface area contributed by atoms with Crippen molar-refractivity contribution in [2.45, 2.75) is 25.8 Å². The summed E-state index contributed by atoms with van der Waals surface area (Å²) in [5, 5.41) is 14.0. The average Bonchev–Trinajstić information content (AvgIpc) is 2.83. The van der Waals surface area contributed by atoms with Gasteiger partial charge in [-0.2, -0.15) is 0 Å². The maximum absolute atomic E-state index is 10.9. The van der Waals surface area contributed by atoms with Gasteiger partial charge in [-0.1, -0.05) is 0 Å². The van der Waals surface area contributed by atoms with Gasteiger partial charge in [0.1, 0.15) is 0 Å². The Hall–Kier alpha value is -0.820. The van der Waals surface area contributed by atoms with Gasteiger partial charge in [0.25, 0.3) is 0 Å². The van der Waals surface area contributed by atoms with Crippen LogP contribution in [-0.4, -0.2) is 42.2 Å². The number of nitrogens with one attached hydrogen (secondary N) is 1. The molecule has 0 amide bonds. The lowest BCUT2D eigenvalue weighted by Crippen LogP contribution is -2.48. The standard InChI is InChI=1S/C11H18BrN3O3/c1-8-2-4-13-11(10(12)15(16)17)14(8)6-9-3-5-18-7-9/h8-9,13H,2-7H2,1H3. The Morgan fingerprint density at radius 1 is 1.67 bits per heavy atom. The molecule has 0 spiro atoms. The van der Waals surface area contributed by atoms with Gasteiger partial charge in [-0.15, -0.1) is 0 Å². The molecule has 0 aliphatic carbocycles. The third-order valence-electron chi connectivity index (χ3n) is 3.51. The van der Waals surface area contributed by atoms with Gasteiger partial charge in [-0.25, -0.2) is 0 Å². The van der Waals surface area contributed by atoms with E-state index in [1.807, 2.05) is 0 Å². The summed E-state index contributed by atoms with van der Waals surface area (Å²) in [6, 6.07) is 0.314. The molecule has 102 valence electrons. The lowest BCUT2D eigenvalue weighted by molar-refractivity contribution is -0.411. The van der Waals surface area contributed by atoms with E-state index >= 15 is 0 Å². The molecule has 0 aromatic carbocycles. The van der Waals surface area contributed by atoms with Crippen LogP contribution in [0.3, 0.4) is 0 Å². The van der Waals surface area contributed by atoms with Crippen LogP contribution < -0.4 is 5.32 Å². The first-order chi connectivity index (χ1) is 8.59. The second-order valence-electron chi connectivity index (χ2n) is 4.84. The Bertz CT molecular complexity index is 355. The molecule has 2 rings (SSSR count). The maximum atomic E-state index is 10.9. The molecular formula is C11H18BrN3O3. The highest BCUT2D eigenvalue weighted by atomic mass is 79.9. The molecule has 2 aliphatic heterocycles. The number of hydrogen-bond donors (Lipinski definition) is 1. The predicted molar refractivity (Wildman–Crippen MR) is 70.7 cm³/mol. The first-order valence-electron chi connectivity index (χ1n) is 6.22. The van der Waals surface area contributed by atoms with Crippen molar-refractivity contribution in [3.8, 4) is 0 Å². The van der Waals surface area contributed by atoms with Gasteiger partial charge in [0.05, 0.1) is 11.5 Å². The van der Waals surface area contributed by atoms with E-state index < -0.39 is 4.92 Å². The number of hydrogen-bond acceptors (Lipinski definition) is 5. The van der Waals surface area contributed by atoms with E-state index in [0.717, 1.165) is 39.1 Å². The van der Waals surface area contributed by atoms with Crippen molar-refractivity contribution in [1.29, 1.82) is 0 Å². The molecule has 0 aromatic rings. The van der Waals surface area contributed by atoms with Crippen molar-refractivity contribution in [3.05, 3.63) is 20.5 Å². The lowest BCUT2D eigenvalue weighted by Gasteiger charge is -2.38. The quantitative estimate of drug-likeness (QED) is 0.485. The fraction of sp³-hybridized carbons (Fsp3) is 0.818. The number of halogens is 1. The summed E-state index contributed by atoms with van der Waals surface area (Å²) in [4.78, 5) is 12.6. The van der Waals surface area contributed by atoms with Crippen molar-refractivity contribution in [2.75, 3.05) is 26.3 Å². The molecule has 0 radical (unpaired) electrons. The Labute approximate surface area is 115 Å². The van der Waals surface area contributed by atoms with Gasteiger partial charge in [-0.05, 0) is 19.8 Å². The zero-order valence-corrected chi connectivity index (χ0v) is 12.0. The van der Waals surface area contributed by atoms with Gasteiger partial charge in [-0.3, -0.25) is 10.1 Å².